The molecule has 1 aromatic heterocycles. The quantitative estimate of drug-likeness (QED) is 0.900. The molecule has 0 fully saturated rings. The van der Waals surface area contributed by atoms with E-state index < -0.39 is 5.91 Å². The standard InChI is InChI=1S/C14H17N3O/c1-9(2)17-13(6-7-16-17)11-5-4-10(3)12(8-11)14(15)18/h4-9H,1-3H3,(H2,15,18). The summed E-state index contributed by atoms with van der Waals surface area (Å²) in [5, 5.41) is 4.29. The van der Waals surface area contributed by atoms with Gasteiger partial charge in [0.2, 0.25) is 5.91 Å². The summed E-state index contributed by atoms with van der Waals surface area (Å²) in [4.78, 5) is 11.4. The van der Waals surface area contributed by atoms with Crippen molar-refractivity contribution < 1.29 is 4.79 Å². The van der Waals surface area contributed by atoms with Gasteiger partial charge >= 0.3 is 0 Å². The first-order chi connectivity index (χ1) is 8.50. The van der Waals surface area contributed by atoms with Gasteiger partial charge in [-0.1, -0.05) is 12.1 Å². The lowest BCUT2D eigenvalue weighted by Gasteiger charge is -2.12. The molecule has 0 aliphatic carbocycles. The van der Waals surface area contributed by atoms with Crippen molar-refractivity contribution in [2.45, 2.75) is 26.8 Å². The van der Waals surface area contributed by atoms with Crippen LogP contribution in [0.3, 0.4) is 0 Å². The van der Waals surface area contributed by atoms with Crippen LogP contribution in [0.2, 0.25) is 0 Å². The van der Waals surface area contributed by atoms with Gasteiger partial charge in [-0.25, -0.2) is 0 Å². The Morgan fingerprint density at radius 1 is 1.33 bits per heavy atom. The molecule has 2 aromatic rings. The van der Waals surface area contributed by atoms with Crippen molar-refractivity contribution in [1.29, 1.82) is 0 Å². The number of carbonyl (C=O) groups is 1. The van der Waals surface area contributed by atoms with Crippen LogP contribution in [0.1, 0.15) is 35.8 Å². The number of hydrogen-bond donors (Lipinski definition) is 1. The molecule has 0 bridgehead atoms. The number of benzene rings is 1. The van der Waals surface area contributed by atoms with E-state index in [1.807, 2.05) is 35.9 Å². The lowest BCUT2D eigenvalue weighted by atomic mass is 10.0. The number of nitrogens with two attached hydrogens (primary N) is 1. The Balaban J connectivity index is 2.54. The zero-order valence-electron chi connectivity index (χ0n) is 10.8. The van der Waals surface area contributed by atoms with E-state index in [0.717, 1.165) is 16.8 Å². The minimum absolute atomic E-state index is 0.272. The van der Waals surface area contributed by atoms with E-state index in [9.17, 15) is 4.79 Å². The van der Waals surface area contributed by atoms with Crippen molar-refractivity contribution >= 4 is 5.91 Å². The fourth-order valence-electron chi connectivity index (χ4n) is 2.00. The molecule has 1 aromatic carbocycles. The monoisotopic (exact) mass is 243 g/mol. The second-order valence-electron chi connectivity index (χ2n) is 4.65. The van der Waals surface area contributed by atoms with Crippen LogP contribution in [0, 0.1) is 6.92 Å². The first-order valence-corrected chi connectivity index (χ1v) is 5.95. The van der Waals surface area contributed by atoms with Gasteiger partial charge in [0, 0.05) is 23.4 Å². The van der Waals surface area contributed by atoms with Crippen LogP contribution in [-0.4, -0.2) is 15.7 Å². The fraction of sp³-hybridized carbons (Fsp3) is 0.286. The Bertz CT molecular complexity index is 584. The number of aromatic nitrogens is 2. The Hall–Kier alpha value is -2.10. The summed E-state index contributed by atoms with van der Waals surface area (Å²) < 4.78 is 1.93. The number of nitrogens with zero attached hydrogens (tertiary/aromatic N) is 2. The molecule has 1 heterocycles. The van der Waals surface area contributed by atoms with Crippen molar-refractivity contribution in [1.82, 2.24) is 9.78 Å². The minimum atomic E-state index is -0.398. The first kappa shape index (κ1) is 12.4. The van der Waals surface area contributed by atoms with Crippen molar-refractivity contribution in [3.05, 3.63) is 41.6 Å². The van der Waals surface area contributed by atoms with Crippen LogP contribution in [0.15, 0.2) is 30.5 Å². The molecule has 0 radical (unpaired) electrons. The summed E-state index contributed by atoms with van der Waals surface area (Å²) in [6, 6.07) is 7.93. The van der Waals surface area contributed by atoms with E-state index >= 15 is 0 Å². The maximum absolute atomic E-state index is 11.4. The lowest BCUT2D eigenvalue weighted by molar-refractivity contribution is 0.1000. The summed E-state index contributed by atoms with van der Waals surface area (Å²) in [5.74, 6) is -0.398. The van der Waals surface area contributed by atoms with Gasteiger partial charge in [-0.3, -0.25) is 9.48 Å². The number of rotatable bonds is 3. The van der Waals surface area contributed by atoms with Gasteiger partial charge in [-0.05, 0) is 38.5 Å². The summed E-state index contributed by atoms with van der Waals surface area (Å²) in [7, 11) is 0. The number of primary amides is 1. The van der Waals surface area contributed by atoms with Gasteiger partial charge in [-0.15, -0.1) is 0 Å². The normalized spacial score (nSPS) is 10.9. The number of amides is 1. The SMILES string of the molecule is Cc1ccc(-c2ccnn2C(C)C)cc1C(N)=O. The van der Waals surface area contributed by atoms with Crippen molar-refractivity contribution in [2.75, 3.05) is 0 Å². The van der Waals surface area contributed by atoms with Crippen LogP contribution in [-0.2, 0) is 0 Å². The number of hydrogen-bond acceptors (Lipinski definition) is 2. The van der Waals surface area contributed by atoms with E-state index in [-0.39, 0.29) is 6.04 Å². The molecule has 0 saturated carbocycles. The second-order valence-corrected chi connectivity index (χ2v) is 4.65. The van der Waals surface area contributed by atoms with Crippen LogP contribution < -0.4 is 5.73 Å². The highest BCUT2D eigenvalue weighted by atomic mass is 16.1. The third-order valence-electron chi connectivity index (χ3n) is 2.96. The molecule has 4 heteroatoms. The first-order valence-electron chi connectivity index (χ1n) is 5.95. The molecule has 2 N–H and O–H groups in total. The summed E-state index contributed by atoms with van der Waals surface area (Å²) in [6.07, 6.45) is 1.76. The molecule has 2 rings (SSSR count). The van der Waals surface area contributed by atoms with Gasteiger partial charge in [-0.2, -0.15) is 5.10 Å². The fourth-order valence-corrected chi connectivity index (χ4v) is 2.00. The molecule has 0 saturated heterocycles. The van der Waals surface area contributed by atoms with Crippen molar-refractivity contribution in [2.24, 2.45) is 5.73 Å². The summed E-state index contributed by atoms with van der Waals surface area (Å²) >= 11 is 0. The maximum Gasteiger partial charge on any atom is 0.248 e. The van der Waals surface area contributed by atoms with E-state index in [0.29, 0.717) is 5.56 Å². The van der Waals surface area contributed by atoms with Gasteiger partial charge in [0.05, 0.1) is 5.69 Å². The molecular weight excluding hydrogens is 226 g/mol. The zero-order chi connectivity index (χ0) is 13.3. The molecule has 0 atom stereocenters. The topological polar surface area (TPSA) is 60.9 Å². The smallest absolute Gasteiger partial charge is 0.248 e. The Kier molecular flexibility index (Phi) is 3.19. The third-order valence-corrected chi connectivity index (χ3v) is 2.96. The maximum atomic E-state index is 11.4. The van der Waals surface area contributed by atoms with Gasteiger partial charge in [0.15, 0.2) is 0 Å². The minimum Gasteiger partial charge on any atom is -0.366 e. The highest BCUT2D eigenvalue weighted by Crippen LogP contribution is 2.24. The van der Waals surface area contributed by atoms with Crippen LogP contribution >= 0.6 is 0 Å². The highest BCUT2D eigenvalue weighted by molar-refractivity contribution is 5.95. The Labute approximate surface area is 106 Å². The highest BCUT2D eigenvalue weighted by Gasteiger charge is 2.11. The molecule has 0 aliphatic heterocycles. The molecule has 0 aliphatic rings. The lowest BCUT2D eigenvalue weighted by Crippen LogP contribution is -2.13. The molecule has 0 unspecified atom stereocenters. The second kappa shape index (κ2) is 4.64. The Morgan fingerprint density at radius 3 is 2.67 bits per heavy atom. The largest absolute Gasteiger partial charge is 0.366 e. The Morgan fingerprint density at radius 2 is 2.06 bits per heavy atom. The van der Waals surface area contributed by atoms with E-state index in [1.54, 1.807) is 6.20 Å². The average molecular weight is 243 g/mol. The van der Waals surface area contributed by atoms with Crippen LogP contribution in [0.5, 0.6) is 0 Å². The van der Waals surface area contributed by atoms with Crippen molar-refractivity contribution in [3.63, 3.8) is 0 Å². The predicted octanol–water partition coefficient (Wildman–Crippen LogP) is 2.54. The van der Waals surface area contributed by atoms with Gasteiger partial charge < -0.3 is 5.73 Å². The third kappa shape index (κ3) is 2.14. The molecule has 0 spiro atoms. The van der Waals surface area contributed by atoms with Gasteiger partial charge in [0.25, 0.3) is 0 Å². The molecule has 94 valence electrons. The number of aryl methyl sites for hydroxylation is 1. The molecule has 18 heavy (non-hydrogen) atoms. The summed E-state index contributed by atoms with van der Waals surface area (Å²) in [5.41, 5.74) is 8.78. The summed E-state index contributed by atoms with van der Waals surface area (Å²) in [6.45, 7) is 6.02. The predicted molar refractivity (Wildman–Crippen MR) is 71.3 cm³/mol. The van der Waals surface area contributed by atoms with E-state index in [2.05, 4.69) is 18.9 Å². The van der Waals surface area contributed by atoms with E-state index in [4.69, 9.17) is 5.73 Å². The average Bonchev–Trinajstić information content (AvgIpc) is 2.78. The molecule has 1 amide bonds. The van der Waals surface area contributed by atoms with E-state index in [1.165, 1.54) is 0 Å². The molecule has 4 nitrogen and oxygen atoms in total. The van der Waals surface area contributed by atoms with Crippen LogP contribution in [0.4, 0.5) is 0 Å². The van der Waals surface area contributed by atoms with Gasteiger partial charge in [0.1, 0.15) is 0 Å². The van der Waals surface area contributed by atoms with Crippen LogP contribution in [0.25, 0.3) is 11.3 Å². The number of carbonyl (C=O) groups excluding carboxylic acids is 1. The molecular formula is C14H17N3O. The zero-order valence-corrected chi connectivity index (χ0v) is 10.8. The van der Waals surface area contributed by atoms with Crippen molar-refractivity contribution in [3.8, 4) is 11.3 Å².